The Bertz CT molecular complexity index is 704. The number of nitrogens with zero attached hydrogens (tertiary/aromatic N) is 2. The van der Waals surface area contributed by atoms with Gasteiger partial charge in [0.15, 0.2) is 0 Å². The van der Waals surface area contributed by atoms with Gasteiger partial charge in [0.2, 0.25) is 5.91 Å². The number of nitrogens with one attached hydrogen (secondary N) is 1. The molecule has 1 aromatic carbocycles. The molecule has 2 aliphatic rings. The Morgan fingerprint density at radius 3 is 2.58 bits per heavy atom. The molecule has 0 saturated heterocycles. The number of halogens is 2. The molecule has 1 N–H and O–H groups in total. The van der Waals surface area contributed by atoms with Crippen molar-refractivity contribution in [3.63, 3.8) is 0 Å². The van der Waals surface area contributed by atoms with Crippen LogP contribution in [0.25, 0.3) is 0 Å². The van der Waals surface area contributed by atoms with Crippen LogP contribution in [0.1, 0.15) is 33.6 Å². The van der Waals surface area contributed by atoms with Crippen LogP contribution in [-0.2, 0) is 4.79 Å². The van der Waals surface area contributed by atoms with Crippen LogP contribution in [0.3, 0.4) is 0 Å². The van der Waals surface area contributed by atoms with Crippen LogP contribution < -0.4 is 5.32 Å². The molecule has 1 aliphatic carbocycles. The first-order valence-electron chi connectivity index (χ1n) is 7.65. The van der Waals surface area contributed by atoms with E-state index in [4.69, 9.17) is 0 Å². The van der Waals surface area contributed by atoms with Crippen LogP contribution in [0, 0.1) is 0 Å². The van der Waals surface area contributed by atoms with E-state index in [-0.39, 0.29) is 29.6 Å². The van der Waals surface area contributed by atoms with E-state index in [0.717, 1.165) is 17.7 Å². The molecule has 0 bridgehead atoms. The maximum Gasteiger partial charge on any atom is 0.261 e. The van der Waals surface area contributed by atoms with Gasteiger partial charge in [-0.05, 0) is 31.0 Å². The summed E-state index contributed by atoms with van der Waals surface area (Å²) in [6.07, 6.45) is -0.846. The molecule has 0 radical (unpaired) electrons. The summed E-state index contributed by atoms with van der Waals surface area (Å²) in [6.45, 7) is -0.557. The van der Waals surface area contributed by atoms with Gasteiger partial charge in [0.05, 0.1) is 24.2 Å². The Morgan fingerprint density at radius 2 is 1.96 bits per heavy atom. The Kier molecular flexibility index (Phi) is 4.31. The number of alkyl halides is 2. The molecule has 3 rings (SSSR count). The van der Waals surface area contributed by atoms with Gasteiger partial charge in [0.25, 0.3) is 18.2 Å². The van der Waals surface area contributed by atoms with E-state index in [1.54, 1.807) is 0 Å². The van der Waals surface area contributed by atoms with Crippen LogP contribution in [0.15, 0.2) is 18.2 Å². The molecule has 1 fully saturated rings. The van der Waals surface area contributed by atoms with E-state index in [1.165, 1.54) is 30.1 Å². The lowest BCUT2D eigenvalue weighted by Gasteiger charge is -2.20. The van der Waals surface area contributed by atoms with Crippen LogP contribution in [-0.4, -0.2) is 60.1 Å². The molecule has 128 valence electrons. The molecule has 1 aliphatic heterocycles. The van der Waals surface area contributed by atoms with Crippen LogP contribution in [0.2, 0.25) is 0 Å². The summed E-state index contributed by atoms with van der Waals surface area (Å²) in [5, 5.41) is 2.60. The molecule has 1 aromatic rings. The number of anilines is 1. The lowest BCUT2D eigenvalue weighted by atomic mass is 10.1. The molecule has 8 heteroatoms. The number of rotatable bonds is 6. The van der Waals surface area contributed by atoms with Gasteiger partial charge >= 0.3 is 0 Å². The average molecular weight is 337 g/mol. The molecule has 0 atom stereocenters. The number of fused-ring (bicyclic) bond motifs is 1. The largest absolute Gasteiger partial charge is 0.325 e. The predicted molar refractivity (Wildman–Crippen MR) is 82.1 cm³/mol. The molecular formula is C16H17F2N3O3. The molecule has 1 saturated carbocycles. The maximum absolute atomic E-state index is 12.6. The van der Waals surface area contributed by atoms with E-state index < -0.39 is 24.8 Å². The van der Waals surface area contributed by atoms with Crippen molar-refractivity contribution >= 4 is 23.4 Å². The van der Waals surface area contributed by atoms with Crippen molar-refractivity contribution in [3.05, 3.63) is 29.3 Å². The second-order valence-corrected chi connectivity index (χ2v) is 6.03. The van der Waals surface area contributed by atoms with Gasteiger partial charge < -0.3 is 5.32 Å². The van der Waals surface area contributed by atoms with Crippen molar-refractivity contribution in [2.45, 2.75) is 25.3 Å². The normalized spacial score (nSPS) is 17.0. The summed E-state index contributed by atoms with van der Waals surface area (Å²) in [5.74, 6) is -1.24. The SMILES string of the molecule is CN1C(=O)c2ccc(NC(=O)CN(CC(F)F)C3CC3)cc2C1=O. The molecular weight excluding hydrogens is 320 g/mol. The fourth-order valence-electron chi connectivity index (χ4n) is 2.78. The maximum atomic E-state index is 12.6. The van der Waals surface area contributed by atoms with E-state index >= 15 is 0 Å². The smallest absolute Gasteiger partial charge is 0.261 e. The highest BCUT2D eigenvalue weighted by Gasteiger charge is 2.34. The number of carbonyl (C=O) groups excluding carboxylic acids is 3. The van der Waals surface area contributed by atoms with Crippen molar-refractivity contribution in [1.82, 2.24) is 9.80 Å². The average Bonchev–Trinajstić information content (AvgIpc) is 3.33. The third kappa shape index (κ3) is 3.28. The summed E-state index contributed by atoms with van der Waals surface area (Å²) in [6, 6.07) is 4.48. The topological polar surface area (TPSA) is 69.7 Å². The van der Waals surface area contributed by atoms with E-state index in [1.807, 2.05) is 0 Å². The lowest BCUT2D eigenvalue weighted by molar-refractivity contribution is -0.117. The second-order valence-electron chi connectivity index (χ2n) is 6.03. The zero-order valence-electron chi connectivity index (χ0n) is 13.1. The first-order chi connectivity index (χ1) is 11.4. The molecule has 1 heterocycles. The van der Waals surface area contributed by atoms with Crippen molar-refractivity contribution in [1.29, 1.82) is 0 Å². The Hall–Kier alpha value is -2.35. The Labute approximate surface area is 137 Å². The van der Waals surface area contributed by atoms with Gasteiger partial charge in [-0.3, -0.25) is 24.2 Å². The summed E-state index contributed by atoms with van der Waals surface area (Å²) in [4.78, 5) is 38.3. The zero-order chi connectivity index (χ0) is 17.4. The number of hydrogen-bond donors (Lipinski definition) is 1. The van der Waals surface area contributed by atoms with E-state index in [2.05, 4.69) is 5.32 Å². The van der Waals surface area contributed by atoms with Crippen molar-refractivity contribution in [2.75, 3.05) is 25.5 Å². The highest BCUT2D eigenvalue weighted by Crippen LogP contribution is 2.28. The molecule has 24 heavy (non-hydrogen) atoms. The van der Waals surface area contributed by atoms with Crippen LogP contribution in [0.5, 0.6) is 0 Å². The highest BCUT2D eigenvalue weighted by molar-refractivity contribution is 6.21. The third-order valence-corrected chi connectivity index (χ3v) is 4.16. The van der Waals surface area contributed by atoms with Gasteiger partial charge in [-0.1, -0.05) is 0 Å². The van der Waals surface area contributed by atoms with Crippen molar-refractivity contribution in [2.24, 2.45) is 0 Å². The third-order valence-electron chi connectivity index (χ3n) is 4.16. The minimum Gasteiger partial charge on any atom is -0.325 e. The first kappa shape index (κ1) is 16.5. The Balaban J connectivity index is 1.67. The molecule has 6 nitrogen and oxygen atoms in total. The fraction of sp³-hybridized carbons (Fsp3) is 0.438. The molecule has 0 aromatic heterocycles. The lowest BCUT2D eigenvalue weighted by Crippen LogP contribution is -2.38. The fourth-order valence-corrected chi connectivity index (χ4v) is 2.78. The summed E-state index contributed by atoms with van der Waals surface area (Å²) >= 11 is 0. The number of hydrogen-bond acceptors (Lipinski definition) is 4. The molecule has 3 amide bonds. The molecule has 0 unspecified atom stereocenters. The van der Waals surface area contributed by atoms with Crippen molar-refractivity contribution < 1.29 is 23.2 Å². The number of benzene rings is 1. The van der Waals surface area contributed by atoms with Crippen LogP contribution >= 0.6 is 0 Å². The van der Waals surface area contributed by atoms with Crippen LogP contribution in [0.4, 0.5) is 14.5 Å². The summed E-state index contributed by atoms with van der Waals surface area (Å²) in [7, 11) is 1.39. The second kappa shape index (κ2) is 6.27. The van der Waals surface area contributed by atoms with E-state index in [0.29, 0.717) is 5.69 Å². The first-order valence-corrected chi connectivity index (χ1v) is 7.65. The van der Waals surface area contributed by atoms with Gasteiger partial charge in [-0.2, -0.15) is 0 Å². The quantitative estimate of drug-likeness (QED) is 0.800. The van der Waals surface area contributed by atoms with Gasteiger partial charge in [-0.25, -0.2) is 8.78 Å². The number of amides is 3. The van der Waals surface area contributed by atoms with Gasteiger partial charge in [0, 0.05) is 18.8 Å². The molecule has 0 spiro atoms. The van der Waals surface area contributed by atoms with E-state index in [9.17, 15) is 23.2 Å². The summed E-state index contributed by atoms with van der Waals surface area (Å²) in [5.41, 5.74) is 0.882. The van der Waals surface area contributed by atoms with Crippen molar-refractivity contribution in [3.8, 4) is 0 Å². The zero-order valence-corrected chi connectivity index (χ0v) is 13.1. The number of imide groups is 1. The minimum absolute atomic E-state index is 0.0395. The standard InChI is InChI=1S/C16H17F2N3O3/c1-20-15(23)11-5-2-9(6-12(11)16(20)24)19-14(22)8-21(7-13(17)18)10-3-4-10/h2,5-6,10,13H,3-4,7-8H2,1H3,(H,19,22). The number of carbonyl (C=O) groups is 3. The Morgan fingerprint density at radius 1 is 1.29 bits per heavy atom. The minimum atomic E-state index is -2.49. The van der Waals surface area contributed by atoms with Gasteiger partial charge in [-0.15, -0.1) is 0 Å². The monoisotopic (exact) mass is 337 g/mol. The summed E-state index contributed by atoms with van der Waals surface area (Å²) < 4.78 is 25.1. The highest BCUT2D eigenvalue weighted by atomic mass is 19.3. The predicted octanol–water partition coefficient (Wildman–Crippen LogP) is 1.58. The van der Waals surface area contributed by atoms with Gasteiger partial charge in [0.1, 0.15) is 0 Å².